The van der Waals surface area contributed by atoms with Gasteiger partial charge in [-0.05, 0) is 32.1 Å². The van der Waals surface area contributed by atoms with E-state index in [4.69, 9.17) is 4.74 Å². The van der Waals surface area contributed by atoms with Gasteiger partial charge in [-0.25, -0.2) is 0 Å². The Labute approximate surface area is 86.0 Å². The number of ketones is 1. The molecule has 1 heterocycles. The van der Waals surface area contributed by atoms with Crippen LogP contribution in [0.2, 0.25) is 0 Å². The summed E-state index contributed by atoms with van der Waals surface area (Å²) >= 11 is 0. The van der Waals surface area contributed by atoms with Crippen LogP contribution in [0.3, 0.4) is 0 Å². The number of hydrogen-bond donors (Lipinski definition) is 0. The van der Waals surface area contributed by atoms with E-state index >= 15 is 0 Å². The normalized spacial score (nSPS) is 34.4. The summed E-state index contributed by atoms with van der Waals surface area (Å²) in [7, 11) is 0. The molecule has 1 saturated heterocycles. The number of ether oxygens (including phenoxy) is 1. The Hall–Kier alpha value is -0.370. The lowest BCUT2D eigenvalue weighted by Gasteiger charge is -2.16. The molecule has 0 aromatic heterocycles. The molecule has 0 amide bonds. The predicted molar refractivity (Wildman–Crippen MR) is 55.2 cm³/mol. The summed E-state index contributed by atoms with van der Waals surface area (Å²) in [5.41, 5.74) is 0. The lowest BCUT2D eigenvalue weighted by molar-refractivity contribution is -0.123. The first-order valence-corrected chi connectivity index (χ1v) is 6.00. The van der Waals surface area contributed by atoms with E-state index in [1.54, 1.807) is 0 Å². The highest BCUT2D eigenvalue weighted by Gasteiger charge is 2.26. The Bertz CT molecular complexity index is 194. The Morgan fingerprint density at radius 2 is 2.07 bits per heavy atom. The summed E-state index contributed by atoms with van der Waals surface area (Å²) in [5.74, 6) is 0.818. The average Bonchev–Trinajstić information content (AvgIpc) is 2.60. The quantitative estimate of drug-likeness (QED) is 0.635. The zero-order valence-corrected chi connectivity index (χ0v) is 8.84. The highest BCUT2D eigenvalue weighted by Crippen LogP contribution is 2.27. The smallest absolute Gasteiger partial charge is 0.136 e. The Morgan fingerprint density at radius 1 is 1.14 bits per heavy atom. The summed E-state index contributed by atoms with van der Waals surface area (Å²) in [5, 5.41) is 0. The number of rotatable bonds is 2. The molecule has 0 spiro atoms. The third-order valence-corrected chi connectivity index (χ3v) is 3.50. The molecule has 2 unspecified atom stereocenters. The molecule has 2 nitrogen and oxygen atoms in total. The minimum absolute atomic E-state index is 0.320. The van der Waals surface area contributed by atoms with Gasteiger partial charge in [0.15, 0.2) is 0 Å². The van der Waals surface area contributed by atoms with Crippen molar-refractivity contribution < 1.29 is 9.53 Å². The largest absolute Gasteiger partial charge is 0.378 e. The fourth-order valence-electron chi connectivity index (χ4n) is 2.63. The van der Waals surface area contributed by atoms with Gasteiger partial charge in [0.1, 0.15) is 5.78 Å². The van der Waals surface area contributed by atoms with Gasteiger partial charge in [0.2, 0.25) is 0 Å². The van der Waals surface area contributed by atoms with Crippen molar-refractivity contribution in [3.63, 3.8) is 0 Å². The molecule has 2 atom stereocenters. The number of Topliss-reactive ketones (excluding diaryl/α,β-unsaturated/α-hetero) is 1. The first-order valence-electron chi connectivity index (χ1n) is 6.00. The molecule has 2 aliphatic rings. The van der Waals surface area contributed by atoms with Gasteiger partial charge >= 0.3 is 0 Å². The molecule has 0 aromatic rings. The minimum atomic E-state index is 0.320. The minimum Gasteiger partial charge on any atom is -0.378 e. The first-order chi connectivity index (χ1) is 6.86. The van der Waals surface area contributed by atoms with Crippen molar-refractivity contribution in [2.24, 2.45) is 5.92 Å². The molecular formula is C12H20O2. The zero-order chi connectivity index (χ0) is 9.80. The molecule has 0 bridgehead atoms. The molecule has 80 valence electrons. The maximum atomic E-state index is 11.7. The Balaban J connectivity index is 1.84. The maximum absolute atomic E-state index is 11.7. The van der Waals surface area contributed by atoms with E-state index < -0.39 is 0 Å². The van der Waals surface area contributed by atoms with Crippen molar-refractivity contribution in [1.82, 2.24) is 0 Å². The van der Waals surface area contributed by atoms with Crippen LogP contribution in [0.25, 0.3) is 0 Å². The second kappa shape index (κ2) is 4.92. The van der Waals surface area contributed by atoms with E-state index in [2.05, 4.69) is 0 Å². The second-order valence-electron chi connectivity index (χ2n) is 4.63. The summed E-state index contributed by atoms with van der Waals surface area (Å²) < 4.78 is 5.59. The zero-order valence-electron chi connectivity index (χ0n) is 8.84. The van der Waals surface area contributed by atoms with E-state index in [1.165, 1.54) is 25.7 Å². The molecular weight excluding hydrogens is 176 g/mol. The lowest BCUT2D eigenvalue weighted by atomic mass is 9.92. The third-order valence-electron chi connectivity index (χ3n) is 3.50. The summed E-state index contributed by atoms with van der Waals surface area (Å²) in [6, 6.07) is 0. The topological polar surface area (TPSA) is 26.3 Å². The summed E-state index contributed by atoms with van der Waals surface area (Å²) in [4.78, 5) is 11.7. The van der Waals surface area contributed by atoms with Gasteiger partial charge in [-0.15, -0.1) is 0 Å². The van der Waals surface area contributed by atoms with Gasteiger partial charge in [-0.1, -0.05) is 12.8 Å². The molecule has 1 saturated carbocycles. The fourth-order valence-corrected chi connectivity index (χ4v) is 2.63. The lowest BCUT2D eigenvalue weighted by Crippen LogP contribution is -2.19. The fraction of sp³-hybridized carbons (Fsp3) is 0.917. The van der Waals surface area contributed by atoms with Gasteiger partial charge in [0.25, 0.3) is 0 Å². The van der Waals surface area contributed by atoms with Crippen LogP contribution in [0, 0.1) is 5.92 Å². The van der Waals surface area contributed by atoms with Crippen molar-refractivity contribution in [1.29, 1.82) is 0 Å². The SMILES string of the molecule is O=C1CCCCCC1CC1CCCO1. The Morgan fingerprint density at radius 3 is 2.86 bits per heavy atom. The highest BCUT2D eigenvalue weighted by atomic mass is 16.5. The van der Waals surface area contributed by atoms with E-state index in [0.717, 1.165) is 32.3 Å². The molecule has 1 aliphatic heterocycles. The van der Waals surface area contributed by atoms with Crippen molar-refractivity contribution in [3.8, 4) is 0 Å². The average molecular weight is 196 g/mol. The van der Waals surface area contributed by atoms with Crippen LogP contribution in [-0.2, 0) is 9.53 Å². The van der Waals surface area contributed by atoms with Gasteiger partial charge < -0.3 is 4.74 Å². The van der Waals surface area contributed by atoms with Gasteiger partial charge in [0.05, 0.1) is 6.10 Å². The molecule has 1 aliphatic carbocycles. The van der Waals surface area contributed by atoms with E-state index in [0.29, 0.717) is 17.8 Å². The van der Waals surface area contributed by atoms with Crippen molar-refractivity contribution in [3.05, 3.63) is 0 Å². The van der Waals surface area contributed by atoms with Crippen LogP contribution in [0.5, 0.6) is 0 Å². The molecule has 14 heavy (non-hydrogen) atoms. The van der Waals surface area contributed by atoms with E-state index in [9.17, 15) is 4.79 Å². The van der Waals surface area contributed by atoms with Gasteiger partial charge in [0, 0.05) is 18.9 Å². The molecule has 2 rings (SSSR count). The third kappa shape index (κ3) is 2.57. The van der Waals surface area contributed by atoms with Crippen LogP contribution in [-0.4, -0.2) is 18.5 Å². The summed E-state index contributed by atoms with van der Waals surface area (Å²) in [6.07, 6.45) is 9.27. The molecule has 0 aromatic carbocycles. The van der Waals surface area contributed by atoms with Crippen LogP contribution >= 0.6 is 0 Å². The van der Waals surface area contributed by atoms with Crippen molar-refractivity contribution in [2.75, 3.05) is 6.61 Å². The highest BCUT2D eigenvalue weighted by molar-refractivity contribution is 5.81. The first kappa shape index (κ1) is 10.2. The molecule has 2 fully saturated rings. The number of carbonyl (C=O) groups excluding carboxylic acids is 1. The van der Waals surface area contributed by atoms with Gasteiger partial charge in [-0.3, -0.25) is 4.79 Å². The van der Waals surface area contributed by atoms with Crippen molar-refractivity contribution >= 4 is 5.78 Å². The predicted octanol–water partition coefficient (Wildman–Crippen LogP) is 2.70. The Kier molecular flexibility index (Phi) is 3.57. The number of carbonyl (C=O) groups is 1. The summed E-state index contributed by atoms with van der Waals surface area (Å²) in [6.45, 7) is 0.908. The molecule has 2 heteroatoms. The monoisotopic (exact) mass is 196 g/mol. The second-order valence-corrected chi connectivity index (χ2v) is 4.63. The standard InChI is InChI=1S/C12H20O2/c13-12-7-3-1-2-5-10(12)9-11-6-4-8-14-11/h10-11H,1-9H2. The van der Waals surface area contributed by atoms with Gasteiger partial charge in [-0.2, -0.15) is 0 Å². The van der Waals surface area contributed by atoms with Crippen LogP contribution in [0.4, 0.5) is 0 Å². The van der Waals surface area contributed by atoms with E-state index in [1.807, 2.05) is 0 Å². The molecule has 0 radical (unpaired) electrons. The number of hydrogen-bond acceptors (Lipinski definition) is 2. The van der Waals surface area contributed by atoms with Crippen molar-refractivity contribution in [2.45, 2.75) is 57.5 Å². The maximum Gasteiger partial charge on any atom is 0.136 e. The van der Waals surface area contributed by atoms with Crippen LogP contribution < -0.4 is 0 Å². The molecule has 0 N–H and O–H groups in total. The van der Waals surface area contributed by atoms with Crippen LogP contribution in [0.1, 0.15) is 51.4 Å². The van der Waals surface area contributed by atoms with E-state index in [-0.39, 0.29) is 0 Å². The van der Waals surface area contributed by atoms with Crippen LogP contribution in [0.15, 0.2) is 0 Å².